The van der Waals surface area contributed by atoms with E-state index in [9.17, 15) is 10.1 Å². The fourth-order valence-electron chi connectivity index (χ4n) is 4.67. The van der Waals surface area contributed by atoms with E-state index < -0.39 is 0 Å². The van der Waals surface area contributed by atoms with Crippen LogP contribution < -0.4 is 15.0 Å². The Balaban J connectivity index is 1.34. The lowest BCUT2D eigenvalue weighted by Crippen LogP contribution is -2.48. The number of anilines is 1. The number of rotatable bonds is 6. The van der Waals surface area contributed by atoms with E-state index in [-0.39, 0.29) is 5.91 Å². The number of carbonyl (C=O) groups excluding carboxylic acids is 1. The maximum Gasteiger partial charge on any atom is 0.298 e. The average molecular weight is 485 g/mol. The number of nitrogens with one attached hydrogen (secondary N) is 1. The van der Waals surface area contributed by atoms with Crippen LogP contribution in [-0.2, 0) is 4.79 Å². The number of carbonyl (C=O) groups is 1. The Labute approximate surface area is 210 Å². The molecule has 0 unspecified atom stereocenters. The number of hydrogen-bond donors (Lipinski definition) is 1. The molecule has 2 saturated heterocycles. The first-order chi connectivity index (χ1) is 17.7. The van der Waals surface area contributed by atoms with Crippen LogP contribution in [0.2, 0.25) is 0 Å². The Morgan fingerprint density at radius 3 is 2.64 bits per heavy atom. The first-order valence-corrected chi connectivity index (χ1v) is 12.1. The molecule has 3 aromatic rings. The van der Waals surface area contributed by atoms with Crippen molar-refractivity contribution in [2.24, 2.45) is 0 Å². The number of nitrogens with zero attached hydrogens (tertiary/aromatic N) is 7. The number of hydrogen-bond acceptors (Lipinski definition) is 8. The highest BCUT2D eigenvalue weighted by molar-refractivity contribution is 5.93. The van der Waals surface area contributed by atoms with Gasteiger partial charge in [-0.1, -0.05) is 0 Å². The summed E-state index contributed by atoms with van der Waals surface area (Å²) in [5, 5.41) is 17.4. The van der Waals surface area contributed by atoms with Crippen molar-refractivity contribution < 1.29 is 9.53 Å². The summed E-state index contributed by atoms with van der Waals surface area (Å²) in [5.41, 5.74) is 2.93. The molecule has 0 aliphatic carbocycles. The summed E-state index contributed by atoms with van der Waals surface area (Å²) < 4.78 is 7.80. The molecule has 2 aliphatic heterocycles. The van der Waals surface area contributed by atoms with Crippen LogP contribution in [0.5, 0.6) is 5.75 Å². The molecule has 0 spiro atoms. The predicted molar refractivity (Wildman–Crippen MR) is 136 cm³/mol. The smallest absolute Gasteiger partial charge is 0.298 e. The molecule has 0 radical (unpaired) electrons. The van der Waals surface area contributed by atoms with Crippen molar-refractivity contribution in [3.63, 3.8) is 0 Å². The van der Waals surface area contributed by atoms with Gasteiger partial charge in [-0.3, -0.25) is 9.69 Å². The molecular formula is C26H28N8O2. The molecule has 0 atom stereocenters. The molecule has 2 aliphatic rings. The van der Waals surface area contributed by atoms with Gasteiger partial charge in [-0.25, -0.2) is 9.50 Å². The Kier molecular flexibility index (Phi) is 6.99. The molecule has 36 heavy (non-hydrogen) atoms. The Morgan fingerprint density at radius 1 is 1.14 bits per heavy atom. The SMILES string of the molecule is C#CC(=O)N1CCN(c2ccc(-c3cc(OCCN4CCNCC4)cn4ncc(C#N)c34)cn2)CC1. The topological polar surface area (TPSA) is 102 Å². The molecule has 0 saturated carbocycles. The largest absolute Gasteiger partial charge is 0.491 e. The van der Waals surface area contributed by atoms with Gasteiger partial charge in [-0.2, -0.15) is 10.4 Å². The Hall–Kier alpha value is -4.12. The normalized spacial score (nSPS) is 16.5. The van der Waals surface area contributed by atoms with E-state index in [1.807, 2.05) is 30.6 Å². The third-order valence-electron chi connectivity index (χ3n) is 6.67. The number of ether oxygens (including phenoxy) is 1. The van der Waals surface area contributed by atoms with E-state index in [2.05, 4.69) is 37.2 Å². The summed E-state index contributed by atoms with van der Waals surface area (Å²) in [6.07, 6.45) is 10.4. The van der Waals surface area contributed by atoms with Crippen LogP contribution in [-0.4, -0.2) is 95.8 Å². The van der Waals surface area contributed by atoms with Crippen LogP contribution in [0.15, 0.2) is 36.8 Å². The highest BCUT2D eigenvalue weighted by Crippen LogP contribution is 2.31. The molecule has 10 nitrogen and oxygen atoms in total. The highest BCUT2D eigenvalue weighted by atomic mass is 16.5. The van der Waals surface area contributed by atoms with Gasteiger partial charge in [-0.05, 0) is 24.1 Å². The van der Waals surface area contributed by atoms with Crippen LogP contribution in [0.1, 0.15) is 5.56 Å². The molecule has 2 fully saturated rings. The van der Waals surface area contributed by atoms with E-state index in [0.717, 1.165) is 55.2 Å². The minimum Gasteiger partial charge on any atom is -0.491 e. The zero-order valence-electron chi connectivity index (χ0n) is 20.1. The molecule has 184 valence electrons. The summed E-state index contributed by atoms with van der Waals surface area (Å²) in [4.78, 5) is 22.6. The first-order valence-electron chi connectivity index (χ1n) is 12.1. The molecule has 1 N–H and O–H groups in total. The third-order valence-corrected chi connectivity index (χ3v) is 6.67. The van der Waals surface area contributed by atoms with Crippen molar-refractivity contribution in [2.45, 2.75) is 0 Å². The van der Waals surface area contributed by atoms with Crippen LogP contribution in [0.25, 0.3) is 16.6 Å². The van der Waals surface area contributed by atoms with Crippen molar-refractivity contribution in [2.75, 3.05) is 70.4 Å². The molecule has 10 heteroatoms. The van der Waals surface area contributed by atoms with Crippen LogP contribution in [0, 0.1) is 23.7 Å². The monoisotopic (exact) mass is 484 g/mol. The van der Waals surface area contributed by atoms with E-state index in [1.165, 1.54) is 0 Å². The van der Waals surface area contributed by atoms with Gasteiger partial charge in [0.2, 0.25) is 0 Å². The van der Waals surface area contributed by atoms with Crippen LogP contribution in [0.3, 0.4) is 0 Å². The van der Waals surface area contributed by atoms with E-state index >= 15 is 0 Å². The van der Waals surface area contributed by atoms with Crippen molar-refractivity contribution in [3.05, 3.63) is 42.4 Å². The van der Waals surface area contributed by atoms with Gasteiger partial charge in [0.05, 0.1) is 23.5 Å². The minimum absolute atomic E-state index is 0.272. The van der Waals surface area contributed by atoms with E-state index in [1.54, 1.807) is 15.6 Å². The van der Waals surface area contributed by atoms with Crippen molar-refractivity contribution in [3.8, 4) is 35.3 Å². The molecule has 0 aromatic carbocycles. The van der Waals surface area contributed by atoms with Crippen LogP contribution >= 0.6 is 0 Å². The van der Waals surface area contributed by atoms with Crippen molar-refractivity contribution >= 4 is 17.2 Å². The first kappa shape index (κ1) is 23.6. The summed E-state index contributed by atoms with van der Waals surface area (Å²) >= 11 is 0. The fourth-order valence-corrected chi connectivity index (χ4v) is 4.67. The summed E-state index contributed by atoms with van der Waals surface area (Å²) in [6.45, 7) is 7.95. The van der Waals surface area contributed by atoms with E-state index in [0.29, 0.717) is 44.1 Å². The molecule has 3 aromatic heterocycles. The second-order valence-electron chi connectivity index (χ2n) is 8.82. The summed E-state index contributed by atoms with van der Waals surface area (Å²) in [5.74, 6) is 3.43. The molecule has 5 heterocycles. The van der Waals surface area contributed by atoms with Gasteiger partial charge in [0.15, 0.2) is 0 Å². The van der Waals surface area contributed by atoms with Gasteiger partial charge in [-0.15, -0.1) is 6.42 Å². The third kappa shape index (κ3) is 4.96. The number of nitriles is 1. The summed E-state index contributed by atoms with van der Waals surface area (Å²) in [6, 6.07) is 8.15. The Bertz CT molecular complexity index is 1310. The number of terminal acetylenes is 1. The van der Waals surface area contributed by atoms with Gasteiger partial charge in [0, 0.05) is 76.2 Å². The zero-order chi connectivity index (χ0) is 24.9. The average Bonchev–Trinajstić information content (AvgIpc) is 3.36. The van der Waals surface area contributed by atoms with E-state index in [4.69, 9.17) is 11.2 Å². The number of aromatic nitrogens is 3. The summed E-state index contributed by atoms with van der Waals surface area (Å²) in [7, 11) is 0. The lowest BCUT2D eigenvalue weighted by atomic mass is 10.1. The van der Waals surface area contributed by atoms with Gasteiger partial charge < -0.3 is 19.9 Å². The second kappa shape index (κ2) is 10.6. The quantitative estimate of drug-likeness (QED) is 0.514. The number of amides is 1. The fraction of sp³-hybridized carbons (Fsp3) is 0.385. The highest BCUT2D eigenvalue weighted by Gasteiger charge is 2.21. The van der Waals surface area contributed by atoms with Gasteiger partial charge in [0.25, 0.3) is 5.91 Å². The molecular weight excluding hydrogens is 456 g/mol. The standard InChI is InChI=1S/C26H28N8O2/c1-2-25(35)33-11-9-32(10-12-33)24-4-3-20(17-29-24)23-15-22(19-34-26(23)21(16-27)18-30-34)36-14-13-31-7-5-28-6-8-31/h1,3-4,15,17-19,28H,5-14H2. The number of pyridine rings is 2. The lowest BCUT2D eigenvalue weighted by molar-refractivity contribution is -0.125. The van der Waals surface area contributed by atoms with Gasteiger partial charge in [0.1, 0.15) is 24.2 Å². The molecule has 1 amide bonds. The molecule has 0 bridgehead atoms. The predicted octanol–water partition coefficient (Wildman–Crippen LogP) is 0.834. The Morgan fingerprint density at radius 2 is 1.94 bits per heavy atom. The second-order valence-corrected chi connectivity index (χ2v) is 8.82. The van der Waals surface area contributed by atoms with Crippen LogP contribution in [0.4, 0.5) is 5.82 Å². The lowest BCUT2D eigenvalue weighted by Gasteiger charge is -2.34. The maximum absolute atomic E-state index is 11.7. The zero-order valence-corrected chi connectivity index (χ0v) is 20.1. The number of fused-ring (bicyclic) bond motifs is 1. The van der Waals surface area contributed by atoms with Crippen molar-refractivity contribution in [1.82, 2.24) is 29.7 Å². The van der Waals surface area contributed by atoms with Crippen molar-refractivity contribution in [1.29, 1.82) is 5.26 Å². The number of piperazine rings is 2. The maximum atomic E-state index is 11.7. The molecule has 5 rings (SSSR count). The van der Waals surface area contributed by atoms with Gasteiger partial charge >= 0.3 is 0 Å². The minimum atomic E-state index is -0.272.